The van der Waals surface area contributed by atoms with Crippen LogP contribution >= 0.6 is 0 Å². The molecule has 1 aliphatic carbocycles. The fraction of sp³-hybridized carbons (Fsp3) is 0.500. The Morgan fingerprint density at radius 1 is 1.38 bits per heavy atom. The number of aromatic nitrogens is 1. The molecular formula is C10H12F3N3. The molecule has 0 bridgehead atoms. The molecule has 0 unspecified atom stereocenters. The number of pyridine rings is 1. The number of aryl methyl sites for hydroxylation is 1. The normalized spacial score (nSPS) is 18.2. The van der Waals surface area contributed by atoms with E-state index in [-0.39, 0.29) is 24.3 Å². The second-order valence-corrected chi connectivity index (χ2v) is 4.10. The van der Waals surface area contributed by atoms with E-state index in [4.69, 9.17) is 5.73 Å². The molecule has 1 saturated carbocycles. The molecule has 0 atom stereocenters. The van der Waals surface area contributed by atoms with Crippen LogP contribution in [0.4, 0.5) is 24.7 Å². The summed E-state index contributed by atoms with van der Waals surface area (Å²) in [6.45, 7) is 1.71. The van der Waals surface area contributed by atoms with Gasteiger partial charge in [-0.15, -0.1) is 0 Å². The fourth-order valence-electron chi connectivity index (χ4n) is 1.50. The Morgan fingerprint density at radius 2 is 2.00 bits per heavy atom. The van der Waals surface area contributed by atoms with Crippen molar-refractivity contribution in [3.63, 3.8) is 0 Å². The van der Waals surface area contributed by atoms with Crippen LogP contribution < -0.4 is 11.1 Å². The third kappa shape index (κ3) is 1.79. The average molecular weight is 231 g/mol. The van der Waals surface area contributed by atoms with Crippen molar-refractivity contribution in [2.45, 2.75) is 31.5 Å². The van der Waals surface area contributed by atoms with Crippen molar-refractivity contribution in [3.8, 4) is 0 Å². The molecule has 16 heavy (non-hydrogen) atoms. The summed E-state index contributed by atoms with van der Waals surface area (Å²) < 4.78 is 38.0. The highest BCUT2D eigenvalue weighted by Crippen LogP contribution is 2.51. The monoisotopic (exact) mass is 231 g/mol. The van der Waals surface area contributed by atoms with Crippen LogP contribution in [0.25, 0.3) is 0 Å². The first kappa shape index (κ1) is 11.0. The third-order valence-electron chi connectivity index (χ3n) is 2.72. The number of halogens is 3. The van der Waals surface area contributed by atoms with Gasteiger partial charge in [0.05, 0.1) is 5.69 Å². The maximum atomic E-state index is 12.7. The van der Waals surface area contributed by atoms with Gasteiger partial charge in [0.15, 0.2) is 0 Å². The Hall–Kier alpha value is -1.46. The van der Waals surface area contributed by atoms with Crippen LogP contribution in [0.1, 0.15) is 18.5 Å². The molecule has 0 saturated heterocycles. The molecule has 88 valence electrons. The largest absolute Gasteiger partial charge is 0.411 e. The van der Waals surface area contributed by atoms with Gasteiger partial charge in [0.25, 0.3) is 0 Å². The molecule has 0 aliphatic heterocycles. The Morgan fingerprint density at radius 3 is 2.50 bits per heavy atom. The van der Waals surface area contributed by atoms with E-state index in [0.717, 1.165) is 0 Å². The molecule has 0 amide bonds. The van der Waals surface area contributed by atoms with Crippen molar-refractivity contribution in [3.05, 3.63) is 17.8 Å². The summed E-state index contributed by atoms with van der Waals surface area (Å²) in [7, 11) is 0. The number of nitrogen functional groups attached to an aromatic ring is 1. The van der Waals surface area contributed by atoms with Gasteiger partial charge in [0.1, 0.15) is 11.4 Å². The van der Waals surface area contributed by atoms with Gasteiger partial charge in [-0.1, -0.05) is 0 Å². The fourth-order valence-corrected chi connectivity index (χ4v) is 1.50. The summed E-state index contributed by atoms with van der Waals surface area (Å²) >= 11 is 0. The smallest absolute Gasteiger partial charge is 0.396 e. The van der Waals surface area contributed by atoms with Crippen LogP contribution in [-0.4, -0.2) is 16.7 Å². The molecule has 1 aromatic rings. The van der Waals surface area contributed by atoms with Crippen LogP contribution in [0.15, 0.2) is 12.1 Å². The lowest BCUT2D eigenvalue weighted by Gasteiger charge is -2.22. The summed E-state index contributed by atoms with van der Waals surface area (Å²) in [6, 6.07) is 3.21. The van der Waals surface area contributed by atoms with Crippen molar-refractivity contribution in [1.82, 2.24) is 4.98 Å². The quantitative estimate of drug-likeness (QED) is 0.822. The second-order valence-electron chi connectivity index (χ2n) is 4.10. The van der Waals surface area contributed by atoms with E-state index in [9.17, 15) is 13.2 Å². The Balaban J connectivity index is 2.25. The molecule has 2 rings (SSSR count). The van der Waals surface area contributed by atoms with E-state index in [0.29, 0.717) is 5.69 Å². The third-order valence-corrected chi connectivity index (χ3v) is 2.72. The van der Waals surface area contributed by atoms with Gasteiger partial charge >= 0.3 is 6.18 Å². The number of anilines is 2. The molecule has 0 radical (unpaired) electrons. The molecule has 1 heterocycles. The lowest BCUT2D eigenvalue weighted by molar-refractivity contribution is -0.151. The minimum Gasteiger partial charge on any atom is -0.396 e. The molecule has 3 nitrogen and oxygen atoms in total. The molecule has 3 N–H and O–H groups in total. The number of nitrogens with one attached hydrogen (secondary N) is 1. The maximum Gasteiger partial charge on any atom is 0.411 e. The molecule has 1 aliphatic rings. The summed E-state index contributed by atoms with van der Waals surface area (Å²) in [4.78, 5) is 3.98. The minimum atomic E-state index is -4.26. The molecule has 0 spiro atoms. The van der Waals surface area contributed by atoms with Crippen LogP contribution in [0.3, 0.4) is 0 Å². The number of alkyl halides is 3. The Bertz CT molecular complexity index is 410. The minimum absolute atomic E-state index is 0.0750. The van der Waals surface area contributed by atoms with Gasteiger partial charge in [-0.05, 0) is 31.9 Å². The number of hydrogen-bond donors (Lipinski definition) is 2. The van der Waals surface area contributed by atoms with E-state index >= 15 is 0 Å². The highest BCUT2D eigenvalue weighted by atomic mass is 19.4. The standard InChI is InChI=1S/C10H12F3N3/c1-6-2-3-7(14)8(15-6)16-9(4-5-9)10(11,12)13/h2-3H,4-5,14H2,1H3,(H,15,16). The molecule has 6 heteroatoms. The molecule has 1 aromatic heterocycles. The number of nitrogens with two attached hydrogens (primary N) is 1. The highest BCUT2D eigenvalue weighted by Gasteiger charge is 2.63. The number of hydrogen-bond acceptors (Lipinski definition) is 3. The topological polar surface area (TPSA) is 50.9 Å². The lowest BCUT2D eigenvalue weighted by Crippen LogP contribution is -2.39. The predicted molar refractivity (Wildman–Crippen MR) is 55.0 cm³/mol. The van der Waals surface area contributed by atoms with Crippen molar-refractivity contribution < 1.29 is 13.2 Å². The van der Waals surface area contributed by atoms with Gasteiger partial charge in [-0.3, -0.25) is 0 Å². The van der Waals surface area contributed by atoms with Gasteiger partial charge in [0.2, 0.25) is 0 Å². The van der Waals surface area contributed by atoms with Crippen molar-refractivity contribution in [1.29, 1.82) is 0 Å². The molecule has 1 fully saturated rings. The van der Waals surface area contributed by atoms with E-state index in [2.05, 4.69) is 10.3 Å². The van der Waals surface area contributed by atoms with Crippen LogP contribution in [0.5, 0.6) is 0 Å². The summed E-state index contributed by atoms with van der Waals surface area (Å²) in [5, 5.41) is 2.42. The first-order valence-electron chi connectivity index (χ1n) is 4.92. The van der Waals surface area contributed by atoms with E-state index < -0.39 is 11.7 Å². The average Bonchev–Trinajstić information content (AvgIpc) is 2.91. The number of rotatable bonds is 2. The first-order valence-corrected chi connectivity index (χ1v) is 4.92. The zero-order valence-electron chi connectivity index (χ0n) is 8.73. The Labute approximate surface area is 90.9 Å². The number of nitrogens with zero attached hydrogens (tertiary/aromatic N) is 1. The zero-order chi connectivity index (χ0) is 12.0. The van der Waals surface area contributed by atoms with E-state index in [1.165, 1.54) is 0 Å². The van der Waals surface area contributed by atoms with Crippen LogP contribution in [0, 0.1) is 6.92 Å². The second kappa shape index (κ2) is 3.26. The summed E-state index contributed by atoms with van der Waals surface area (Å²) in [6.07, 6.45) is -4.11. The van der Waals surface area contributed by atoms with Gasteiger partial charge in [-0.25, -0.2) is 4.98 Å². The van der Waals surface area contributed by atoms with E-state index in [1.54, 1.807) is 19.1 Å². The van der Waals surface area contributed by atoms with Crippen molar-refractivity contribution in [2.75, 3.05) is 11.1 Å². The molecular weight excluding hydrogens is 219 g/mol. The predicted octanol–water partition coefficient (Wildman–Crippen LogP) is 2.48. The first-order chi connectivity index (χ1) is 7.34. The maximum absolute atomic E-state index is 12.7. The van der Waals surface area contributed by atoms with Gasteiger partial charge in [0, 0.05) is 5.69 Å². The summed E-state index contributed by atoms with van der Waals surface area (Å²) in [5.41, 5.74) is 4.63. The lowest BCUT2D eigenvalue weighted by atomic mass is 10.2. The highest BCUT2D eigenvalue weighted by molar-refractivity contribution is 5.63. The van der Waals surface area contributed by atoms with Crippen LogP contribution in [0.2, 0.25) is 0 Å². The zero-order valence-corrected chi connectivity index (χ0v) is 8.73. The van der Waals surface area contributed by atoms with E-state index in [1.807, 2.05) is 0 Å². The Kier molecular flexibility index (Phi) is 2.25. The SMILES string of the molecule is Cc1ccc(N)c(NC2(C(F)(F)F)CC2)n1. The van der Waals surface area contributed by atoms with Gasteiger partial charge in [-0.2, -0.15) is 13.2 Å². The van der Waals surface area contributed by atoms with Crippen molar-refractivity contribution >= 4 is 11.5 Å². The summed E-state index contributed by atoms with van der Waals surface area (Å²) in [5.74, 6) is 0.120. The van der Waals surface area contributed by atoms with Gasteiger partial charge < -0.3 is 11.1 Å². The van der Waals surface area contributed by atoms with Crippen LogP contribution in [-0.2, 0) is 0 Å². The van der Waals surface area contributed by atoms with Crippen molar-refractivity contribution in [2.24, 2.45) is 0 Å². The molecule has 0 aromatic carbocycles.